The Morgan fingerprint density at radius 3 is 3.10 bits per heavy atom. The first-order chi connectivity index (χ1) is 9.75. The molecule has 100 valence electrons. The summed E-state index contributed by atoms with van der Waals surface area (Å²) in [6.07, 6.45) is 3.62. The van der Waals surface area contributed by atoms with Crippen LogP contribution in [-0.2, 0) is 7.05 Å². The number of para-hydroxylation sites is 1. The first-order valence-corrected chi connectivity index (χ1v) is 6.95. The zero-order valence-corrected chi connectivity index (χ0v) is 11.6. The van der Waals surface area contributed by atoms with Gasteiger partial charge in [-0.3, -0.25) is 4.79 Å². The first kappa shape index (κ1) is 12.6. The number of hydrogen-bond donors (Lipinski definition) is 1. The lowest BCUT2D eigenvalue weighted by atomic mass is 10.2. The van der Waals surface area contributed by atoms with Crippen molar-refractivity contribution in [1.82, 2.24) is 15.0 Å². The molecule has 0 unspecified atom stereocenters. The molecule has 6 heteroatoms. The maximum Gasteiger partial charge on any atom is 0.290 e. The minimum atomic E-state index is -0.303. The second-order valence-corrected chi connectivity index (χ2v) is 5.00. The van der Waals surface area contributed by atoms with Crippen molar-refractivity contribution in [3.8, 4) is 0 Å². The average molecular weight is 284 g/mol. The Morgan fingerprint density at radius 2 is 2.30 bits per heavy atom. The molecule has 3 rings (SSSR count). The highest BCUT2D eigenvalue weighted by Gasteiger charge is 2.06. The third-order valence-corrected chi connectivity index (χ3v) is 3.55. The Balaban J connectivity index is 1.80. The predicted octanol–water partition coefficient (Wildman–Crippen LogP) is 2.40. The molecule has 1 amide bonds. The lowest BCUT2D eigenvalue weighted by molar-refractivity contribution is 0.0951. The van der Waals surface area contributed by atoms with Crippen LogP contribution in [-0.4, -0.2) is 21.7 Å². The van der Waals surface area contributed by atoms with Gasteiger partial charge in [-0.05, 0) is 6.07 Å². The Morgan fingerprint density at radius 1 is 1.45 bits per heavy atom. The molecule has 0 aliphatic carbocycles. The predicted molar refractivity (Wildman–Crippen MR) is 80.1 cm³/mol. The molecule has 20 heavy (non-hydrogen) atoms. The number of aryl methyl sites for hydroxylation is 1. The fourth-order valence-electron chi connectivity index (χ4n) is 2.02. The highest BCUT2D eigenvalue weighted by molar-refractivity contribution is 7.07. The molecule has 0 bridgehead atoms. The summed E-state index contributed by atoms with van der Waals surface area (Å²) >= 11 is 1.38. The van der Waals surface area contributed by atoms with Crippen LogP contribution in [0.5, 0.6) is 0 Å². The molecule has 2 heterocycles. The number of nitrogens with one attached hydrogen (secondary N) is 1. The number of aromatic nitrogens is 2. The van der Waals surface area contributed by atoms with E-state index in [0.717, 1.165) is 16.5 Å². The fraction of sp³-hybridized carbons (Fsp3) is 0.0714. The summed E-state index contributed by atoms with van der Waals surface area (Å²) in [6, 6.07) is 8.04. The maximum absolute atomic E-state index is 11.7. The molecule has 0 aliphatic heterocycles. The lowest BCUT2D eigenvalue weighted by Crippen LogP contribution is -2.17. The SMILES string of the molecule is Cn1cc(/C=N\NC(=O)c2cscn2)c2ccccc21. The van der Waals surface area contributed by atoms with Crippen LogP contribution in [0.1, 0.15) is 16.1 Å². The summed E-state index contributed by atoms with van der Waals surface area (Å²) in [4.78, 5) is 15.6. The lowest BCUT2D eigenvalue weighted by Gasteiger charge is -1.94. The molecule has 1 N–H and O–H groups in total. The second kappa shape index (κ2) is 5.26. The third-order valence-electron chi connectivity index (χ3n) is 2.96. The Hall–Kier alpha value is -2.47. The quantitative estimate of drug-likeness (QED) is 0.593. The number of fused-ring (bicyclic) bond motifs is 1. The van der Waals surface area contributed by atoms with Crippen molar-refractivity contribution in [1.29, 1.82) is 0 Å². The number of amides is 1. The Bertz CT molecular complexity index is 774. The van der Waals surface area contributed by atoms with Crippen molar-refractivity contribution < 1.29 is 4.79 Å². The van der Waals surface area contributed by atoms with Crippen LogP contribution in [0.15, 0.2) is 46.5 Å². The maximum atomic E-state index is 11.7. The Labute approximate surface area is 119 Å². The molecule has 0 aliphatic rings. The van der Waals surface area contributed by atoms with Crippen molar-refractivity contribution in [2.45, 2.75) is 0 Å². The van der Waals surface area contributed by atoms with E-state index >= 15 is 0 Å². The molecular formula is C14H12N4OS. The molecule has 2 aromatic heterocycles. The van der Waals surface area contributed by atoms with Crippen molar-refractivity contribution >= 4 is 34.4 Å². The van der Waals surface area contributed by atoms with Crippen LogP contribution >= 0.6 is 11.3 Å². The van der Waals surface area contributed by atoms with E-state index in [1.54, 1.807) is 17.1 Å². The second-order valence-electron chi connectivity index (χ2n) is 4.29. The van der Waals surface area contributed by atoms with Crippen LogP contribution in [0.25, 0.3) is 10.9 Å². The Kier molecular flexibility index (Phi) is 3.30. The zero-order valence-electron chi connectivity index (χ0n) is 10.8. The fourth-order valence-corrected chi connectivity index (χ4v) is 2.55. The van der Waals surface area contributed by atoms with Gasteiger partial charge in [0.2, 0.25) is 0 Å². The molecule has 0 spiro atoms. The number of carbonyl (C=O) groups excluding carboxylic acids is 1. The average Bonchev–Trinajstić information content (AvgIpc) is 3.09. The number of benzene rings is 1. The van der Waals surface area contributed by atoms with Gasteiger partial charge in [-0.15, -0.1) is 11.3 Å². The van der Waals surface area contributed by atoms with Gasteiger partial charge < -0.3 is 4.57 Å². The van der Waals surface area contributed by atoms with Gasteiger partial charge in [0, 0.05) is 35.1 Å². The standard InChI is InChI=1S/C14H12N4OS/c1-18-7-10(11-4-2-3-5-13(11)18)6-16-17-14(19)12-8-20-9-15-12/h2-9H,1H3,(H,17,19)/b16-6-. The topological polar surface area (TPSA) is 59.3 Å². The summed E-state index contributed by atoms with van der Waals surface area (Å²) in [6.45, 7) is 0. The van der Waals surface area contributed by atoms with Gasteiger partial charge >= 0.3 is 0 Å². The van der Waals surface area contributed by atoms with E-state index in [4.69, 9.17) is 0 Å². The number of hydrazone groups is 1. The van der Waals surface area contributed by atoms with E-state index in [9.17, 15) is 4.79 Å². The smallest absolute Gasteiger partial charge is 0.290 e. The summed E-state index contributed by atoms with van der Waals surface area (Å²) in [5.74, 6) is -0.303. The van der Waals surface area contributed by atoms with Crippen LogP contribution in [0.4, 0.5) is 0 Å². The number of thiazole rings is 1. The molecule has 1 aromatic carbocycles. The van der Waals surface area contributed by atoms with Gasteiger partial charge in [-0.2, -0.15) is 5.10 Å². The third kappa shape index (κ3) is 2.33. The highest BCUT2D eigenvalue weighted by atomic mass is 32.1. The van der Waals surface area contributed by atoms with Crippen molar-refractivity contribution in [2.75, 3.05) is 0 Å². The molecular weight excluding hydrogens is 272 g/mol. The van der Waals surface area contributed by atoms with E-state index in [2.05, 4.69) is 15.5 Å². The van der Waals surface area contributed by atoms with Gasteiger partial charge in [0.15, 0.2) is 0 Å². The van der Waals surface area contributed by atoms with Crippen LogP contribution < -0.4 is 5.43 Å². The largest absolute Gasteiger partial charge is 0.350 e. The van der Waals surface area contributed by atoms with Crippen LogP contribution in [0.3, 0.4) is 0 Å². The summed E-state index contributed by atoms with van der Waals surface area (Å²) in [5, 5.41) is 6.77. The van der Waals surface area contributed by atoms with E-state index in [1.165, 1.54) is 11.3 Å². The zero-order chi connectivity index (χ0) is 13.9. The van der Waals surface area contributed by atoms with Crippen molar-refractivity contribution in [3.63, 3.8) is 0 Å². The molecule has 3 aromatic rings. The van der Waals surface area contributed by atoms with E-state index in [0.29, 0.717) is 5.69 Å². The van der Waals surface area contributed by atoms with Crippen LogP contribution in [0, 0.1) is 0 Å². The van der Waals surface area contributed by atoms with Crippen molar-refractivity contribution in [3.05, 3.63) is 52.6 Å². The minimum absolute atomic E-state index is 0.303. The summed E-state index contributed by atoms with van der Waals surface area (Å²) in [5.41, 5.74) is 6.55. The molecule has 0 saturated carbocycles. The number of carbonyl (C=O) groups is 1. The minimum Gasteiger partial charge on any atom is -0.350 e. The molecule has 5 nitrogen and oxygen atoms in total. The normalized spacial score (nSPS) is 11.2. The first-order valence-electron chi connectivity index (χ1n) is 6.01. The van der Waals surface area contributed by atoms with E-state index in [1.807, 2.05) is 42.1 Å². The molecule has 0 fully saturated rings. The molecule has 0 atom stereocenters. The van der Waals surface area contributed by atoms with Crippen molar-refractivity contribution in [2.24, 2.45) is 12.1 Å². The monoisotopic (exact) mass is 284 g/mol. The molecule has 0 saturated heterocycles. The highest BCUT2D eigenvalue weighted by Crippen LogP contribution is 2.18. The summed E-state index contributed by atoms with van der Waals surface area (Å²) in [7, 11) is 1.98. The van der Waals surface area contributed by atoms with E-state index in [-0.39, 0.29) is 5.91 Å². The number of nitrogens with zero attached hydrogens (tertiary/aromatic N) is 3. The van der Waals surface area contributed by atoms with Gasteiger partial charge in [0.05, 0.1) is 11.7 Å². The number of rotatable bonds is 3. The molecule has 0 radical (unpaired) electrons. The van der Waals surface area contributed by atoms with Crippen LogP contribution in [0.2, 0.25) is 0 Å². The van der Waals surface area contributed by atoms with Gasteiger partial charge in [0.25, 0.3) is 5.91 Å². The number of hydrogen-bond acceptors (Lipinski definition) is 4. The van der Waals surface area contributed by atoms with Gasteiger partial charge in [-0.25, -0.2) is 10.4 Å². The summed E-state index contributed by atoms with van der Waals surface area (Å²) < 4.78 is 2.03. The van der Waals surface area contributed by atoms with E-state index < -0.39 is 0 Å². The van der Waals surface area contributed by atoms with Gasteiger partial charge in [-0.1, -0.05) is 18.2 Å². The van der Waals surface area contributed by atoms with Gasteiger partial charge in [0.1, 0.15) is 5.69 Å².